The van der Waals surface area contributed by atoms with E-state index < -0.39 is 0 Å². The average Bonchev–Trinajstić information content (AvgIpc) is 2.29. The fraction of sp³-hybridized carbons (Fsp3) is 0.600. The van der Waals surface area contributed by atoms with Gasteiger partial charge in [0.2, 0.25) is 0 Å². The molecule has 1 heterocycles. The Hall–Kier alpha value is -0.900. The average molecular weight is 248 g/mol. The van der Waals surface area contributed by atoms with Gasteiger partial charge in [0, 0.05) is 18.5 Å². The van der Waals surface area contributed by atoms with Crippen molar-refractivity contribution in [3.05, 3.63) is 34.9 Å². The van der Waals surface area contributed by atoms with Gasteiger partial charge in [0.15, 0.2) is 0 Å². The molecule has 0 unspecified atom stereocenters. The lowest BCUT2D eigenvalue weighted by atomic mass is 9.86. The Kier molecular flexibility index (Phi) is 4.38. The summed E-state index contributed by atoms with van der Waals surface area (Å²) >= 11 is 0. The van der Waals surface area contributed by atoms with Crippen LogP contribution >= 0.6 is 0 Å². The van der Waals surface area contributed by atoms with E-state index in [0.29, 0.717) is 6.54 Å². The molecule has 3 heteroatoms. The summed E-state index contributed by atoms with van der Waals surface area (Å²) in [7, 11) is 0. The number of hydrogen-bond donors (Lipinski definition) is 2. The summed E-state index contributed by atoms with van der Waals surface area (Å²) in [6, 6.07) is 6.66. The third-order valence-electron chi connectivity index (χ3n) is 3.82. The quantitative estimate of drug-likeness (QED) is 0.748. The van der Waals surface area contributed by atoms with Crippen molar-refractivity contribution in [1.82, 2.24) is 5.32 Å². The van der Waals surface area contributed by atoms with Crippen molar-refractivity contribution in [2.75, 3.05) is 32.8 Å². The Labute approximate surface area is 110 Å². The van der Waals surface area contributed by atoms with Crippen molar-refractivity contribution >= 4 is 0 Å². The predicted molar refractivity (Wildman–Crippen MR) is 74.8 cm³/mol. The van der Waals surface area contributed by atoms with Gasteiger partial charge in [0.1, 0.15) is 0 Å². The number of hydrogen-bond acceptors (Lipinski definition) is 3. The van der Waals surface area contributed by atoms with Crippen LogP contribution in [-0.2, 0) is 11.2 Å². The number of nitrogens with one attached hydrogen (secondary N) is 1. The number of aryl methyl sites for hydroxylation is 2. The first kappa shape index (κ1) is 13.5. The third kappa shape index (κ3) is 3.10. The lowest BCUT2D eigenvalue weighted by Crippen LogP contribution is -2.54. The molecule has 1 saturated heterocycles. The minimum absolute atomic E-state index is 0.197. The molecule has 3 N–H and O–H groups in total. The molecule has 0 amide bonds. The van der Waals surface area contributed by atoms with Crippen LogP contribution in [0.3, 0.4) is 0 Å². The van der Waals surface area contributed by atoms with Crippen LogP contribution in [0.5, 0.6) is 0 Å². The second-order valence-corrected chi connectivity index (χ2v) is 5.55. The normalized spacial score (nSPS) is 17.5. The molecule has 3 nitrogen and oxygen atoms in total. The molecule has 0 spiro atoms. The van der Waals surface area contributed by atoms with Crippen LogP contribution in [0.15, 0.2) is 18.2 Å². The molecule has 1 fully saturated rings. The largest absolute Gasteiger partial charge is 0.380 e. The van der Waals surface area contributed by atoms with E-state index in [0.717, 1.165) is 32.7 Å². The summed E-state index contributed by atoms with van der Waals surface area (Å²) in [5.74, 6) is 0. The maximum absolute atomic E-state index is 5.78. The zero-order valence-corrected chi connectivity index (χ0v) is 11.5. The van der Waals surface area contributed by atoms with Crippen molar-refractivity contribution in [3.8, 4) is 0 Å². The van der Waals surface area contributed by atoms with Crippen LogP contribution in [0.2, 0.25) is 0 Å². The molecule has 1 aliphatic heterocycles. The van der Waals surface area contributed by atoms with E-state index in [2.05, 4.69) is 37.4 Å². The van der Waals surface area contributed by atoms with E-state index in [1.54, 1.807) is 0 Å². The summed E-state index contributed by atoms with van der Waals surface area (Å²) in [5, 5.41) is 3.51. The van der Waals surface area contributed by atoms with Gasteiger partial charge >= 0.3 is 0 Å². The topological polar surface area (TPSA) is 47.3 Å². The molecule has 0 bridgehead atoms. The molecular weight excluding hydrogens is 224 g/mol. The second kappa shape index (κ2) is 5.83. The van der Waals surface area contributed by atoms with Crippen LogP contribution in [0.25, 0.3) is 0 Å². The van der Waals surface area contributed by atoms with Crippen molar-refractivity contribution < 1.29 is 4.74 Å². The molecule has 0 aromatic heterocycles. The minimum atomic E-state index is 0.197. The SMILES string of the molecule is Cc1ccc(CCNCC2(CN)COC2)c(C)c1. The highest BCUT2D eigenvalue weighted by Gasteiger charge is 2.36. The molecule has 1 aliphatic rings. The highest BCUT2D eigenvalue weighted by Crippen LogP contribution is 2.24. The maximum atomic E-state index is 5.78. The Morgan fingerprint density at radius 1 is 1.33 bits per heavy atom. The fourth-order valence-electron chi connectivity index (χ4n) is 2.39. The van der Waals surface area contributed by atoms with Crippen molar-refractivity contribution in [3.63, 3.8) is 0 Å². The fourth-order valence-corrected chi connectivity index (χ4v) is 2.39. The van der Waals surface area contributed by atoms with E-state index in [4.69, 9.17) is 10.5 Å². The van der Waals surface area contributed by atoms with E-state index in [1.165, 1.54) is 16.7 Å². The van der Waals surface area contributed by atoms with Gasteiger partial charge in [-0.25, -0.2) is 0 Å². The molecule has 18 heavy (non-hydrogen) atoms. The molecule has 0 saturated carbocycles. The lowest BCUT2D eigenvalue weighted by Gasteiger charge is -2.40. The minimum Gasteiger partial charge on any atom is -0.380 e. The molecule has 1 aromatic carbocycles. The summed E-state index contributed by atoms with van der Waals surface area (Å²) in [4.78, 5) is 0. The second-order valence-electron chi connectivity index (χ2n) is 5.55. The van der Waals surface area contributed by atoms with Gasteiger partial charge < -0.3 is 15.8 Å². The summed E-state index contributed by atoms with van der Waals surface area (Å²) in [5.41, 5.74) is 10.1. The summed E-state index contributed by atoms with van der Waals surface area (Å²) in [6.45, 7) is 8.61. The Balaban J connectivity index is 1.75. The first-order valence-corrected chi connectivity index (χ1v) is 6.70. The first-order valence-electron chi connectivity index (χ1n) is 6.70. The van der Waals surface area contributed by atoms with Crippen LogP contribution in [0.1, 0.15) is 16.7 Å². The number of ether oxygens (including phenoxy) is 1. The zero-order valence-electron chi connectivity index (χ0n) is 11.5. The van der Waals surface area contributed by atoms with Gasteiger partial charge in [0.05, 0.1) is 13.2 Å². The van der Waals surface area contributed by atoms with Gasteiger partial charge in [-0.2, -0.15) is 0 Å². The monoisotopic (exact) mass is 248 g/mol. The van der Waals surface area contributed by atoms with Gasteiger partial charge in [-0.15, -0.1) is 0 Å². The number of nitrogens with two attached hydrogens (primary N) is 1. The van der Waals surface area contributed by atoms with E-state index in [-0.39, 0.29) is 5.41 Å². The third-order valence-corrected chi connectivity index (χ3v) is 3.82. The van der Waals surface area contributed by atoms with Gasteiger partial charge in [-0.3, -0.25) is 0 Å². The molecule has 1 aromatic rings. The summed E-state index contributed by atoms with van der Waals surface area (Å²) in [6.07, 6.45) is 1.08. The van der Waals surface area contributed by atoms with Crippen LogP contribution in [0, 0.1) is 19.3 Å². The smallest absolute Gasteiger partial charge is 0.0569 e. The highest BCUT2D eigenvalue weighted by molar-refractivity contribution is 5.30. The van der Waals surface area contributed by atoms with Crippen molar-refractivity contribution in [2.45, 2.75) is 20.3 Å². The molecule has 0 radical (unpaired) electrons. The Morgan fingerprint density at radius 2 is 2.11 bits per heavy atom. The van der Waals surface area contributed by atoms with Gasteiger partial charge in [0.25, 0.3) is 0 Å². The zero-order chi connectivity index (χ0) is 13.0. The Bertz CT molecular complexity index is 394. The molecule has 0 aliphatic carbocycles. The molecule has 0 atom stereocenters. The van der Waals surface area contributed by atoms with E-state index >= 15 is 0 Å². The molecule has 2 rings (SSSR count). The van der Waals surface area contributed by atoms with Crippen LogP contribution in [0.4, 0.5) is 0 Å². The lowest BCUT2D eigenvalue weighted by molar-refractivity contribution is -0.104. The van der Waals surface area contributed by atoms with Crippen molar-refractivity contribution in [2.24, 2.45) is 11.1 Å². The number of rotatable bonds is 6. The summed E-state index contributed by atoms with van der Waals surface area (Å²) < 4.78 is 5.26. The van der Waals surface area contributed by atoms with E-state index in [9.17, 15) is 0 Å². The predicted octanol–water partition coefficient (Wildman–Crippen LogP) is 1.41. The molecular formula is C15H24N2O. The van der Waals surface area contributed by atoms with Crippen LogP contribution in [-0.4, -0.2) is 32.8 Å². The van der Waals surface area contributed by atoms with Crippen molar-refractivity contribution in [1.29, 1.82) is 0 Å². The van der Waals surface area contributed by atoms with E-state index in [1.807, 2.05) is 0 Å². The van der Waals surface area contributed by atoms with Gasteiger partial charge in [-0.1, -0.05) is 23.8 Å². The maximum Gasteiger partial charge on any atom is 0.0569 e. The number of benzene rings is 1. The van der Waals surface area contributed by atoms with Gasteiger partial charge in [-0.05, 0) is 37.9 Å². The molecule has 100 valence electrons. The highest BCUT2D eigenvalue weighted by atomic mass is 16.5. The Morgan fingerprint density at radius 3 is 2.67 bits per heavy atom. The first-order chi connectivity index (χ1) is 8.65. The standard InChI is InChI=1S/C15H24N2O/c1-12-3-4-14(13(2)7-12)5-6-17-9-15(8-16)10-18-11-15/h3-4,7,17H,5-6,8-11,16H2,1-2H3. The van der Waals surface area contributed by atoms with Crippen LogP contribution < -0.4 is 11.1 Å².